The van der Waals surface area contributed by atoms with Crippen molar-refractivity contribution < 1.29 is 9.15 Å². The van der Waals surface area contributed by atoms with Crippen LogP contribution in [0.15, 0.2) is 57.7 Å². The van der Waals surface area contributed by atoms with Crippen LogP contribution in [0.2, 0.25) is 0 Å². The van der Waals surface area contributed by atoms with E-state index in [4.69, 9.17) is 9.15 Å². The van der Waals surface area contributed by atoms with Gasteiger partial charge in [-0.05, 0) is 42.7 Å². The minimum atomic E-state index is -0.266. The molecule has 152 valence electrons. The zero-order chi connectivity index (χ0) is 20.2. The standard InChI is InChI=1S/C24H28N2O3/c1-18-8-9-22-20(16-23(27)29-24(22)19(18)2)17-26-12-10-25(11-13-26)14-15-28-21-6-4-3-5-7-21/h3-9,16H,10-15,17H2,1-2H3. The molecule has 0 atom stereocenters. The lowest BCUT2D eigenvalue weighted by Gasteiger charge is -2.34. The third kappa shape index (κ3) is 4.69. The molecule has 1 saturated heterocycles. The molecular weight excluding hydrogens is 364 g/mol. The average Bonchev–Trinajstić information content (AvgIpc) is 2.73. The predicted octanol–water partition coefficient (Wildman–Crippen LogP) is 3.61. The topological polar surface area (TPSA) is 45.9 Å². The van der Waals surface area contributed by atoms with Gasteiger partial charge in [-0.2, -0.15) is 0 Å². The molecule has 2 aromatic carbocycles. The van der Waals surface area contributed by atoms with Gasteiger partial charge in [0.15, 0.2) is 0 Å². The van der Waals surface area contributed by atoms with E-state index in [0.29, 0.717) is 6.61 Å². The van der Waals surface area contributed by atoms with Crippen molar-refractivity contribution in [2.24, 2.45) is 0 Å². The van der Waals surface area contributed by atoms with Gasteiger partial charge in [0.2, 0.25) is 0 Å². The molecule has 5 nitrogen and oxygen atoms in total. The van der Waals surface area contributed by atoms with E-state index in [1.54, 1.807) is 6.07 Å². The first-order valence-corrected chi connectivity index (χ1v) is 10.3. The van der Waals surface area contributed by atoms with Crippen molar-refractivity contribution in [2.75, 3.05) is 39.3 Å². The Balaban J connectivity index is 1.34. The van der Waals surface area contributed by atoms with Gasteiger partial charge in [0.25, 0.3) is 0 Å². The lowest BCUT2D eigenvalue weighted by atomic mass is 10.0. The second kappa shape index (κ2) is 8.80. The van der Waals surface area contributed by atoms with Crippen molar-refractivity contribution in [3.05, 3.63) is 75.6 Å². The van der Waals surface area contributed by atoms with Gasteiger partial charge in [-0.1, -0.05) is 30.3 Å². The maximum absolute atomic E-state index is 12.1. The highest BCUT2D eigenvalue weighted by molar-refractivity contribution is 5.83. The number of fused-ring (bicyclic) bond motifs is 1. The highest BCUT2D eigenvalue weighted by Crippen LogP contribution is 2.24. The SMILES string of the molecule is Cc1ccc2c(CN3CCN(CCOc4ccccc4)CC3)cc(=O)oc2c1C. The molecule has 3 aromatic rings. The largest absolute Gasteiger partial charge is 0.492 e. The fourth-order valence-electron chi connectivity index (χ4n) is 3.88. The maximum atomic E-state index is 12.1. The van der Waals surface area contributed by atoms with Crippen LogP contribution in [0, 0.1) is 13.8 Å². The number of nitrogens with zero attached hydrogens (tertiary/aromatic N) is 2. The molecule has 4 rings (SSSR count). The Morgan fingerprint density at radius 2 is 1.69 bits per heavy atom. The van der Waals surface area contributed by atoms with Gasteiger partial charge >= 0.3 is 5.63 Å². The summed E-state index contributed by atoms with van der Waals surface area (Å²) in [7, 11) is 0. The van der Waals surface area contributed by atoms with Crippen LogP contribution in [0.1, 0.15) is 16.7 Å². The molecule has 1 aliphatic heterocycles. The second-order valence-corrected chi connectivity index (χ2v) is 7.75. The summed E-state index contributed by atoms with van der Waals surface area (Å²) in [5.41, 5.74) is 3.70. The Kier molecular flexibility index (Phi) is 5.97. The molecule has 5 heteroatoms. The Bertz CT molecular complexity index is 1020. The third-order valence-corrected chi connectivity index (χ3v) is 5.80. The van der Waals surface area contributed by atoms with E-state index in [-0.39, 0.29) is 5.63 Å². The molecule has 0 spiro atoms. The molecule has 0 saturated carbocycles. The molecule has 0 amide bonds. The summed E-state index contributed by atoms with van der Waals surface area (Å²) in [6.07, 6.45) is 0. The van der Waals surface area contributed by atoms with Crippen LogP contribution in [-0.2, 0) is 6.54 Å². The number of hydrogen-bond acceptors (Lipinski definition) is 5. The summed E-state index contributed by atoms with van der Waals surface area (Å²) in [6.45, 7) is 10.5. The van der Waals surface area contributed by atoms with Gasteiger partial charge < -0.3 is 9.15 Å². The zero-order valence-electron chi connectivity index (χ0n) is 17.2. The Morgan fingerprint density at radius 3 is 2.45 bits per heavy atom. The molecule has 29 heavy (non-hydrogen) atoms. The Labute approximate surface area is 171 Å². The van der Waals surface area contributed by atoms with Crippen LogP contribution in [0.5, 0.6) is 5.75 Å². The summed E-state index contributed by atoms with van der Waals surface area (Å²) < 4.78 is 11.3. The maximum Gasteiger partial charge on any atom is 0.336 e. The number of hydrogen-bond donors (Lipinski definition) is 0. The van der Waals surface area contributed by atoms with E-state index >= 15 is 0 Å². The van der Waals surface area contributed by atoms with Crippen LogP contribution in [0.25, 0.3) is 11.0 Å². The first-order valence-electron chi connectivity index (χ1n) is 10.3. The fourth-order valence-corrected chi connectivity index (χ4v) is 3.88. The number of piperazine rings is 1. The Morgan fingerprint density at radius 1 is 0.966 bits per heavy atom. The summed E-state index contributed by atoms with van der Waals surface area (Å²) >= 11 is 0. The third-order valence-electron chi connectivity index (χ3n) is 5.80. The number of ether oxygens (including phenoxy) is 1. The van der Waals surface area contributed by atoms with E-state index in [1.165, 1.54) is 0 Å². The van der Waals surface area contributed by atoms with Gasteiger partial charge in [-0.15, -0.1) is 0 Å². The molecule has 0 radical (unpaired) electrons. The molecule has 0 aliphatic carbocycles. The monoisotopic (exact) mass is 392 g/mol. The minimum Gasteiger partial charge on any atom is -0.492 e. The van der Waals surface area contributed by atoms with Crippen molar-refractivity contribution in [1.82, 2.24) is 9.80 Å². The molecule has 0 N–H and O–H groups in total. The van der Waals surface area contributed by atoms with Crippen LogP contribution in [0.3, 0.4) is 0 Å². The minimum absolute atomic E-state index is 0.266. The molecule has 1 fully saturated rings. The number of para-hydroxylation sites is 1. The normalized spacial score (nSPS) is 15.7. The van der Waals surface area contributed by atoms with E-state index in [1.807, 2.05) is 44.2 Å². The Hall–Kier alpha value is -2.63. The van der Waals surface area contributed by atoms with E-state index in [0.717, 1.165) is 72.7 Å². The van der Waals surface area contributed by atoms with Crippen molar-refractivity contribution in [3.63, 3.8) is 0 Å². The zero-order valence-corrected chi connectivity index (χ0v) is 17.2. The van der Waals surface area contributed by atoms with Gasteiger partial charge in [0.05, 0.1) is 0 Å². The van der Waals surface area contributed by atoms with Crippen molar-refractivity contribution >= 4 is 11.0 Å². The molecule has 1 aromatic heterocycles. The molecule has 2 heterocycles. The van der Waals surface area contributed by atoms with Crippen molar-refractivity contribution in [3.8, 4) is 5.75 Å². The summed E-state index contributed by atoms with van der Waals surface area (Å²) in [4.78, 5) is 16.9. The number of rotatable bonds is 6. The fraction of sp³-hybridized carbons (Fsp3) is 0.375. The molecule has 0 bridgehead atoms. The molecular formula is C24H28N2O3. The highest BCUT2D eigenvalue weighted by atomic mass is 16.5. The lowest BCUT2D eigenvalue weighted by Crippen LogP contribution is -2.47. The lowest BCUT2D eigenvalue weighted by molar-refractivity contribution is 0.112. The first kappa shape index (κ1) is 19.7. The summed E-state index contributed by atoms with van der Waals surface area (Å²) in [5.74, 6) is 0.923. The van der Waals surface area contributed by atoms with E-state index in [2.05, 4.69) is 21.9 Å². The van der Waals surface area contributed by atoms with Crippen molar-refractivity contribution in [2.45, 2.75) is 20.4 Å². The number of aryl methyl sites for hydroxylation is 2. The molecule has 0 unspecified atom stereocenters. The van der Waals surface area contributed by atoms with Crippen LogP contribution >= 0.6 is 0 Å². The van der Waals surface area contributed by atoms with Crippen molar-refractivity contribution in [1.29, 1.82) is 0 Å². The van der Waals surface area contributed by atoms with Gasteiger partial charge in [-0.3, -0.25) is 9.80 Å². The van der Waals surface area contributed by atoms with E-state index in [9.17, 15) is 4.79 Å². The van der Waals surface area contributed by atoms with Gasteiger partial charge in [0, 0.05) is 50.7 Å². The first-order chi connectivity index (χ1) is 14.1. The van der Waals surface area contributed by atoms with Gasteiger partial charge in [-0.25, -0.2) is 4.79 Å². The smallest absolute Gasteiger partial charge is 0.336 e. The van der Waals surface area contributed by atoms with Crippen LogP contribution < -0.4 is 10.4 Å². The summed E-state index contributed by atoms with van der Waals surface area (Å²) in [5, 5.41) is 1.05. The summed E-state index contributed by atoms with van der Waals surface area (Å²) in [6, 6.07) is 15.8. The average molecular weight is 392 g/mol. The number of benzene rings is 2. The second-order valence-electron chi connectivity index (χ2n) is 7.75. The van der Waals surface area contributed by atoms with Crippen LogP contribution in [0.4, 0.5) is 0 Å². The van der Waals surface area contributed by atoms with Gasteiger partial charge in [0.1, 0.15) is 17.9 Å². The predicted molar refractivity (Wildman–Crippen MR) is 116 cm³/mol. The quantitative estimate of drug-likeness (QED) is 0.600. The van der Waals surface area contributed by atoms with E-state index < -0.39 is 0 Å². The molecule has 1 aliphatic rings. The van der Waals surface area contributed by atoms with Crippen LogP contribution in [-0.4, -0.2) is 49.1 Å². The highest BCUT2D eigenvalue weighted by Gasteiger charge is 2.19.